The highest BCUT2D eigenvalue weighted by atomic mass is 19.1. The fraction of sp³-hybridized carbons (Fsp3) is 0.333. The Hall–Kier alpha value is -2.24. The summed E-state index contributed by atoms with van der Waals surface area (Å²) in [4.78, 5) is 12.3. The van der Waals surface area contributed by atoms with Gasteiger partial charge in [0.1, 0.15) is 23.0 Å². The zero-order valence-electron chi connectivity index (χ0n) is 12.0. The number of nitrogens with zero attached hydrogens (tertiary/aromatic N) is 1. The first kappa shape index (κ1) is 15.2. The molecule has 0 fully saturated rings. The van der Waals surface area contributed by atoms with E-state index in [9.17, 15) is 13.6 Å². The Morgan fingerprint density at radius 2 is 2.14 bits per heavy atom. The summed E-state index contributed by atoms with van der Waals surface area (Å²) in [6, 6.07) is 2.66. The lowest BCUT2D eigenvalue weighted by Crippen LogP contribution is -2.28. The molecule has 21 heavy (non-hydrogen) atoms. The number of rotatable bonds is 4. The molecule has 1 heterocycles. The van der Waals surface area contributed by atoms with E-state index in [4.69, 9.17) is 4.52 Å². The average Bonchev–Trinajstić information content (AvgIpc) is 2.79. The molecule has 0 bridgehead atoms. The van der Waals surface area contributed by atoms with E-state index in [0.717, 1.165) is 12.1 Å². The Balaban J connectivity index is 2.21. The molecule has 0 saturated carbocycles. The van der Waals surface area contributed by atoms with Gasteiger partial charge in [0.05, 0.1) is 11.7 Å². The lowest BCUT2D eigenvalue weighted by Gasteiger charge is -2.15. The van der Waals surface area contributed by atoms with Crippen molar-refractivity contribution in [2.45, 2.75) is 33.2 Å². The van der Waals surface area contributed by atoms with Crippen LogP contribution in [0.15, 0.2) is 22.7 Å². The molecule has 0 aliphatic heterocycles. The van der Waals surface area contributed by atoms with Crippen LogP contribution in [-0.4, -0.2) is 11.1 Å². The first-order chi connectivity index (χ1) is 9.93. The van der Waals surface area contributed by atoms with E-state index >= 15 is 0 Å². The van der Waals surface area contributed by atoms with Crippen LogP contribution in [0.25, 0.3) is 0 Å². The third-order valence-corrected chi connectivity index (χ3v) is 3.26. The highest BCUT2D eigenvalue weighted by molar-refractivity contribution is 5.96. The number of carbonyl (C=O) groups excluding carboxylic acids is 1. The summed E-state index contributed by atoms with van der Waals surface area (Å²) < 4.78 is 31.7. The second-order valence-electron chi connectivity index (χ2n) is 4.78. The fourth-order valence-electron chi connectivity index (χ4n) is 2.15. The van der Waals surface area contributed by atoms with Crippen molar-refractivity contribution >= 4 is 5.91 Å². The number of hydrogen-bond donors (Lipinski definition) is 1. The highest BCUT2D eigenvalue weighted by Crippen LogP contribution is 2.20. The standard InChI is InChI=1S/C15H16F2N2O2/c1-4-13-14(9(3)19-21-13)15(20)18-8(2)11-6-5-10(16)7-12(11)17/h5-8H,4H2,1-3H3,(H,18,20). The van der Waals surface area contributed by atoms with Gasteiger partial charge in [0.2, 0.25) is 0 Å². The lowest BCUT2D eigenvalue weighted by molar-refractivity contribution is 0.0937. The predicted molar refractivity (Wildman–Crippen MR) is 72.9 cm³/mol. The summed E-state index contributed by atoms with van der Waals surface area (Å²) in [6.07, 6.45) is 0.531. The Morgan fingerprint density at radius 3 is 2.76 bits per heavy atom. The molecule has 2 aromatic rings. The molecule has 4 nitrogen and oxygen atoms in total. The number of nitrogens with one attached hydrogen (secondary N) is 1. The van der Waals surface area contributed by atoms with E-state index in [1.807, 2.05) is 6.92 Å². The van der Waals surface area contributed by atoms with Crippen LogP contribution < -0.4 is 5.32 Å². The van der Waals surface area contributed by atoms with E-state index in [0.29, 0.717) is 23.4 Å². The van der Waals surface area contributed by atoms with Crippen molar-refractivity contribution in [2.75, 3.05) is 0 Å². The second kappa shape index (κ2) is 6.03. The molecule has 0 aliphatic carbocycles. The quantitative estimate of drug-likeness (QED) is 0.941. The summed E-state index contributed by atoms with van der Waals surface area (Å²) in [7, 11) is 0. The van der Waals surface area contributed by atoms with Gasteiger partial charge in [-0.1, -0.05) is 18.1 Å². The van der Waals surface area contributed by atoms with Crippen molar-refractivity contribution in [3.63, 3.8) is 0 Å². The number of amides is 1. The van der Waals surface area contributed by atoms with Gasteiger partial charge in [0.15, 0.2) is 0 Å². The minimum Gasteiger partial charge on any atom is -0.360 e. The van der Waals surface area contributed by atoms with Crippen molar-refractivity contribution in [3.8, 4) is 0 Å². The Morgan fingerprint density at radius 1 is 1.43 bits per heavy atom. The zero-order valence-corrected chi connectivity index (χ0v) is 12.0. The summed E-state index contributed by atoms with van der Waals surface area (Å²) >= 11 is 0. The third kappa shape index (κ3) is 3.09. The molecular weight excluding hydrogens is 278 g/mol. The molecule has 0 spiro atoms. The topological polar surface area (TPSA) is 55.1 Å². The van der Waals surface area contributed by atoms with Crippen molar-refractivity contribution in [1.29, 1.82) is 0 Å². The number of aryl methyl sites for hydroxylation is 2. The molecule has 1 N–H and O–H groups in total. The first-order valence-electron chi connectivity index (χ1n) is 6.65. The molecule has 6 heteroatoms. The maximum Gasteiger partial charge on any atom is 0.257 e. The largest absolute Gasteiger partial charge is 0.360 e. The van der Waals surface area contributed by atoms with Gasteiger partial charge in [0.25, 0.3) is 5.91 Å². The maximum absolute atomic E-state index is 13.7. The van der Waals surface area contributed by atoms with Crippen LogP contribution in [0.4, 0.5) is 8.78 Å². The van der Waals surface area contributed by atoms with Gasteiger partial charge in [-0.05, 0) is 19.9 Å². The maximum atomic E-state index is 13.7. The minimum absolute atomic E-state index is 0.219. The van der Waals surface area contributed by atoms with Gasteiger partial charge >= 0.3 is 0 Å². The van der Waals surface area contributed by atoms with E-state index in [2.05, 4.69) is 10.5 Å². The van der Waals surface area contributed by atoms with Crippen LogP contribution in [0.5, 0.6) is 0 Å². The molecule has 0 aliphatic rings. The summed E-state index contributed by atoms with van der Waals surface area (Å²) in [6.45, 7) is 5.14. The van der Waals surface area contributed by atoms with Gasteiger partial charge in [-0.15, -0.1) is 0 Å². The summed E-state index contributed by atoms with van der Waals surface area (Å²) in [5.41, 5.74) is 1.07. The minimum atomic E-state index is -0.694. The van der Waals surface area contributed by atoms with Crippen LogP contribution in [0.3, 0.4) is 0 Å². The normalized spacial score (nSPS) is 12.2. The number of aromatic nitrogens is 1. The van der Waals surface area contributed by atoms with Crippen LogP contribution in [0.2, 0.25) is 0 Å². The Kier molecular flexibility index (Phi) is 4.35. The molecular formula is C15H16F2N2O2. The molecule has 1 amide bonds. The van der Waals surface area contributed by atoms with Crippen LogP contribution in [-0.2, 0) is 6.42 Å². The van der Waals surface area contributed by atoms with Gasteiger partial charge in [-0.2, -0.15) is 0 Å². The highest BCUT2D eigenvalue weighted by Gasteiger charge is 2.22. The molecule has 112 valence electrons. The zero-order chi connectivity index (χ0) is 15.6. The van der Waals surface area contributed by atoms with Crippen molar-refractivity contribution in [3.05, 3.63) is 52.4 Å². The monoisotopic (exact) mass is 294 g/mol. The molecule has 1 unspecified atom stereocenters. The van der Waals surface area contributed by atoms with Gasteiger partial charge in [-0.25, -0.2) is 8.78 Å². The molecule has 1 aromatic carbocycles. The number of benzene rings is 1. The van der Waals surface area contributed by atoms with Crippen molar-refractivity contribution < 1.29 is 18.1 Å². The van der Waals surface area contributed by atoms with Crippen LogP contribution in [0, 0.1) is 18.6 Å². The SMILES string of the molecule is CCc1onc(C)c1C(=O)NC(C)c1ccc(F)cc1F. The molecule has 0 saturated heterocycles. The lowest BCUT2D eigenvalue weighted by atomic mass is 10.1. The first-order valence-corrected chi connectivity index (χ1v) is 6.65. The Labute approximate surface area is 121 Å². The predicted octanol–water partition coefficient (Wildman–Crippen LogP) is 3.31. The third-order valence-electron chi connectivity index (χ3n) is 3.26. The number of halogens is 2. The fourth-order valence-corrected chi connectivity index (χ4v) is 2.15. The molecule has 1 atom stereocenters. The Bertz CT molecular complexity index is 668. The molecule has 0 radical (unpaired) electrons. The smallest absolute Gasteiger partial charge is 0.257 e. The summed E-state index contributed by atoms with van der Waals surface area (Å²) in [5.74, 6) is -1.25. The van der Waals surface area contributed by atoms with E-state index in [1.165, 1.54) is 6.07 Å². The number of hydrogen-bond acceptors (Lipinski definition) is 3. The van der Waals surface area contributed by atoms with E-state index in [1.54, 1.807) is 13.8 Å². The van der Waals surface area contributed by atoms with Crippen molar-refractivity contribution in [2.24, 2.45) is 0 Å². The van der Waals surface area contributed by atoms with Crippen LogP contribution >= 0.6 is 0 Å². The van der Waals surface area contributed by atoms with Crippen LogP contribution in [0.1, 0.15) is 47.3 Å². The van der Waals surface area contributed by atoms with Gasteiger partial charge in [0, 0.05) is 18.1 Å². The average molecular weight is 294 g/mol. The van der Waals surface area contributed by atoms with E-state index < -0.39 is 17.7 Å². The van der Waals surface area contributed by atoms with E-state index in [-0.39, 0.29) is 11.5 Å². The summed E-state index contributed by atoms with van der Waals surface area (Å²) in [5, 5.41) is 6.43. The van der Waals surface area contributed by atoms with Gasteiger partial charge < -0.3 is 9.84 Å². The number of carbonyl (C=O) groups is 1. The molecule has 1 aromatic heterocycles. The molecule has 2 rings (SSSR count). The second-order valence-corrected chi connectivity index (χ2v) is 4.78. The van der Waals surface area contributed by atoms with Gasteiger partial charge in [-0.3, -0.25) is 4.79 Å². The van der Waals surface area contributed by atoms with Crippen molar-refractivity contribution in [1.82, 2.24) is 10.5 Å².